The molecule has 1 aliphatic heterocycles. The van der Waals surface area contributed by atoms with Crippen molar-refractivity contribution in [3.05, 3.63) is 29.0 Å². The summed E-state index contributed by atoms with van der Waals surface area (Å²) in [6.07, 6.45) is 3.39. The number of aromatic nitrogens is 1. The van der Waals surface area contributed by atoms with Gasteiger partial charge in [0.05, 0.1) is 7.11 Å². The summed E-state index contributed by atoms with van der Waals surface area (Å²) in [5, 5.41) is 0.887. The van der Waals surface area contributed by atoms with Crippen molar-refractivity contribution < 1.29 is 9.53 Å². The SMILES string of the molecule is COC(=O)[C@H]1C=c2cccnc2=N1. The van der Waals surface area contributed by atoms with Gasteiger partial charge in [-0.1, -0.05) is 0 Å². The zero-order valence-corrected chi connectivity index (χ0v) is 7.10. The number of nitrogens with zero attached hydrogens (tertiary/aromatic N) is 2. The van der Waals surface area contributed by atoms with E-state index >= 15 is 0 Å². The fourth-order valence-electron chi connectivity index (χ4n) is 1.23. The molecule has 4 heteroatoms. The average Bonchev–Trinajstić information content (AvgIpc) is 2.59. The molecule has 0 amide bonds. The highest BCUT2D eigenvalue weighted by atomic mass is 16.5. The zero-order valence-electron chi connectivity index (χ0n) is 7.10. The molecule has 0 radical (unpaired) electrons. The molecular formula is C9H8N2O2. The first-order valence-electron chi connectivity index (χ1n) is 3.90. The number of rotatable bonds is 1. The maximum absolute atomic E-state index is 11.1. The number of methoxy groups -OCH3 is 1. The molecule has 0 aromatic carbocycles. The lowest BCUT2D eigenvalue weighted by Crippen LogP contribution is -2.23. The lowest BCUT2D eigenvalue weighted by molar-refractivity contribution is -0.140. The van der Waals surface area contributed by atoms with Crippen LogP contribution in [0.2, 0.25) is 0 Å². The van der Waals surface area contributed by atoms with Crippen molar-refractivity contribution in [2.24, 2.45) is 4.99 Å². The molecule has 1 aromatic rings. The Bertz CT molecular complexity index is 418. The second-order valence-electron chi connectivity index (χ2n) is 2.68. The minimum atomic E-state index is -0.519. The fourth-order valence-corrected chi connectivity index (χ4v) is 1.23. The van der Waals surface area contributed by atoms with E-state index in [-0.39, 0.29) is 5.97 Å². The Morgan fingerprint density at radius 1 is 1.62 bits per heavy atom. The molecule has 4 nitrogen and oxygen atoms in total. The number of carbonyl (C=O) groups is 1. The fraction of sp³-hybridized carbons (Fsp3) is 0.222. The summed E-state index contributed by atoms with van der Waals surface area (Å²) in [6.45, 7) is 0. The molecule has 0 bridgehead atoms. The molecule has 0 aliphatic carbocycles. The molecule has 0 spiro atoms. The zero-order chi connectivity index (χ0) is 9.26. The van der Waals surface area contributed by atoms with Gasteiger partial charge in [0.15, 0.2) is 11.5 Å². The van der Waals surface area contributed by atoms with Gasteiger partial charge in [-0.2, -0.15) is 0 Å². The third-order valence-electron chi connectivity index (χ3n) is 1.86. The Hall–Kier alpha value is -1.71. The van der Waals surface area contributed by atoms with Crippen molar-refractivity contribution in [2.45, 2.75) is 6.04 Å². The van der Waals surface area contributed by atoms with Gasteiger partial charge in [0.2, 0.25) is 0 Å². The summed E-state index contributed by atoms with van der Waals surface area (Å²) in [7, 11) is 1.35. The van der Waals surface area contributed by atoms with Gasteiger partial charge in [0.25, 0.3) is 0 Å². The van der Waals surface area contributed by atoms with Crippen molar-refractivity contribution in [3.8, 4) is 0 Å². The van der Waals surface area contributed by atoms with Gasteiger partial charge in [-0.15, -0.1) is 0 Å². The summed E-state index contributed by atoms with van der Waals surface area (Å²) in [5.74, 6) is -0.349. The number of hydrogen-bond donors (Lipinski definition) is 0. The van der Waals surface area contributed by atoms with Crippen LogP contribution in [-0.4, -0.2) is 24.1 Å². The first-order valence-corrected chi connectivity index (χ1v) is 3.90. The summed E-state index contributed by atoms with van der Waals surface area (Å²) >= 11 is 0. The van der Waals surface area contributed by atoms with E-state index in [2.05, 4.69) is 14.7 Å². The average molecular weight is 176 g/mol. The first kappa shape index (κ1) is 7.91. The molecule has 2 rings (SSSR count). The van der Waals surface area contributed by atoms with Gasteiger partial charge in [-0.3, -0.25) is 0 Å². The predicted octanol–water partition coefficient (Wildman–Crippen LogP) is -0.963. The van der Waals surface area contributed by atoms with E-state index in [4.69, 9.17) is 0 Å². The van der Waals surface area contributed by atoms with Crippen LogP contribution in [0.5, 0.6) is 0 Å². The molecule has 0 N–H and O–H groups in total. The van der Waals surface area contributed by atoms with Gasteiger partial charge in [-0.25, -0.2) is 14.8 Å². The van der Waals surface area contributed by atoms with E-state index in [0.29, 0.717) is 5.49 Å². The third kappa shape index (κ3) is 1.30. The first-order chi connectivity index (χ1) is 6.31. The molecule has 0 saturated carbocycles. The van der Waals surface area contributed by atoms with Crippen molar-refractivity contribution in [2.75, 3.05) is 7.11 Å². The third-order valence-corrected chi connectivity index (χ3v) is 1.86. The van der Waals surface area contributed by atoms with Gasteiger partial charge in [0, 0.05) is 11.4 Å². The molecule has 0 saturated heterocycles. The van der Waals surface area contributed by atoms with Crippen LogP contribution in [0.4, 0.5) is 0 Å². The van der Waals surface area contributed by atoms with E-state index in [1.54, 1.807) is 12.3 Å². The van der Waals surface area contributed by atoms with Crippen LogP contribution in [0.25, 0.3) is 6.08 Å². The Kier molecular flexibility index (Phi) is 1.81. The minimum Gasteiger partial charge on any atom is -0.467 e. The number of carbonyl (C=O) groups excluding carboxylic acids is 1. The number of fused-ring (bicyclic) bond motifs is 1. The largest absolute Gasteiger partial charge is 0.467 e. The van der Waals surface area contributed by atoms with E-state index in [1.165, 1.54) is 7.11 Å². The summed E-state index contributed by atoms with van der Waals surface area (Å²) in [5.41, 5.74) is 0.609. The maximum Gasteiger partial charge on any atom is 0.334 e. The van der Waals surface area contributed by atoms with Crippen LogP contribution in [-0.2, 0) is 9.53 Å². The highest BCUT2D eigenvalue weighted by Crippen LogP contribution is 1.97. The molecular weight excluding hydrogens is 168 g/mol. The maximum atomic E-state index is 11.1. The second-order valence-corrected chi connectivity index (χ2v) is 2.68. The molecule has 1 aliphatic rings. The summed E-state index contributed by atoms with van der Waals surface area (Å²) < 4.78 is 4.57. The molecule has 66 valence electrons. The minimum absolute atomic E-state index is 0.349. The topological polar surface area (TPSA) is 51.5 Å². The summed E-state index contributed by atoms with van der Waals surface area (Å²) in [6, 6.07) is 3.16. The van der Waals surface area contributed by atoms with Crippen LogP contribution < -0.4 is 10.7 Å². The van der Waals surface area contributed by atoms with Crippen molar-refractivity contribution in [1.82, 2.24) is 4.98 Å². The second kappa shape index (κ2) is 2.97. The van der Waals surface area contributed by atoms with E-state index in [1.807, 2.05) is 12.1 Å². The van der Waals surface area contributed by atoms with Gasteiger partial charge < -0.3 is 4.74 Å². The van der Waals surface area contributed by atoms with Crippen molar-refractivity contribution in [3.63, 3.8) is 0 Å². The van der Waals surface area contributed by atoms with Crippen molar-refractivity contribution >= 4 is 12.0 Å². The Balaban J connectivity index is 2.46. The number of esters is 1. The van der Waals surface area contributed by atoms with Gasteiger partial charge >= 0.3 is 5.97 Å². The van der Waals surface area contributed by atoms with Crippen LogP contribution >= 0.6 is 0 Å². The standard InChI is InChI=1S/C9H8N2O2/c1-13-9(12)7-5-6-3-2-4-10-8(6)11-7/h2-5,7H,1H3/t7-/m1/s1. The normalized spacial score (nSPS) is 18.4. The van der Waals surface area contributed by atoms with E-state index in [9.17, 15) is 4.79 Å². The van der Waals surface area contributed by atoms with Gasteiger partial charge in [-0.05, 0) is 18.2 Å². The highest BCUT2D eigenvalue weighted by Gasteiger charge is 2.18. The molecule has 0 fully saturated rings. The lowest BCUT2D eigenvalue weighted by atomic mass is 10.3. The Labute approximate surface area is 74.6 Å². The van der Waals surface area contributed by atoms with Crippen LogP contribution in [0.15, 0.2) is 23.3 Å². The monoisotopic (exact) mass is 176 g/mol. The summed E-state index contributed by atoms with van der Waals surface area (Å²) in [4.78, 5) is 19.2. The van der Waals surface area contributed by atoms with Crippen LogP contribution in [0, 0.1) is 0 Å². The van der Waals surface area contributed by atoms with Gasteiger partial charge in [0.1, 0.15) is 0 Å². The molecule has 13 heavy (non-hydrogen) atoms. The smallest absolute Gasteiger partial charge is 0.334 e. The Morgan fingerprint density at radius 2 is 2.46 bits per heavy atom. The van der Waals surface area contributed by atoms with E-state index < -0.39 is 6.04 Å². The van der Waals surface area contributed by atoms with Crippen LogP contribution in [0.1, 0.15) is 0 Å². The number of pyridine rings is 1. The number of hydrogen-bond acceptors (Lipinski definition) is 4. The van der Waals surface area contributed by atoms with E-state index in [0.717, 1.165) is 5.22 Å². The van der Waals surface area contributed by atoms with Crippen molar-refractivity contribution in [1.29, 1.82) is 0 Å². The quantitative estimate of drug-likeness (QED) is 0.518. The number of ether oxygens (including phenoxy) is 1. The lowest BCUT2D eigenvalue weighted by Gasteiger charge is -1.99. The molecule has 2 heterocycles. The van der Waals surface area contributed by atoms with Crippen LogP contribution in [0.3, 0.4) is 0 Å². The Morgan fingerprint density at radius 3 is 3.15 bits per heavy atom. The molecule has 1 atom stereocenters. The molecule has 1 aromatic heterocycles. The highest BCUT2D eigenvalue weighted by molar-refractivity contribution is 5.83. The predicted molar refractivity (Wildman–Crippen MR) is 45.3 cm³/mol. The molecule has 0 unspecified atom stereocenters.